The number of hydrogen-bond acceptors (Lipinski definition) is 6. The first kappa shape index (κ1) is 28.1. The molecule has 0 fully saturated rings. The van der Waals surface area contributed by atoms with Crippen molar-refractivity contribution in [1.29, 1.82) is 0 Å². The molecule has 0 unspecified atom stereocenters. The minimum atomic E-state index is -0.559. The topological polar surface area (TPSA) is 103 Å². The van der Waals surface area contributed by atoms with E-state index in [1.807, 2.05) is 54.0 Å². The van der Waals surface area contributed by atoms with E-state index in [1.54, 1.807) is 36.4 Å². The molecule has 206 valence electrons. The summed E-state index contributed by atoms with van der Waals surface area (Å²) in [6.45, 7) is 2.04. The van der Waals surface area contributed by atoms with Crippen LogP contribution in [0, 0.1) is 17.0 Å². The van der Waals surface area contributed by atoms with Gasteiger partial charge in [-0.3, -0.25) is 19.5 Å². The number of nitro groups is 1. The van der Waals surface area contributed by atoms with Crippen molar-refractivity contribution in [2.45, 2.75) is 30.3 Å². The highest BCUT2D eigenvalue weighted by Gasteiger charge is 2.26. The van der Waals surface area contributed by atoms with Crippen molar-refractivity contribution in [2.75, 3.05) is 0 Å². The zero-order chi connectivity index (χ0) is 28.8. The van der Waals surface area contributed by atoms with Crippen LogP contribution >= 0.6 is 23.4 Å². The van der Waals surface area contributed by atoms with E-state index < -0.39 is 11.0 Å². The summed E-state index contributed by atoms with van der Waals surface area (Å²) in [7, 11) is 0. The molecule has 1 heterocycles. The van der Waals surface area contributed by atoms with Crippen molar-refractivity contribution in [3.8, 4) is 5.69 Å². The summed E-state index contributed by atoms with van der Waals surface area (Å²) in [5.74, 6) is 0.874. The summed E-state index contributed by atoms with van der Waals surface area (Å²) < 4.78 is 1.86. The van der Waals surface area contributed by atoms with Crippen LogP contribution in [0.3, 0.4) is 0 Å². The van der Waals surface area contributed by atoms with Crippen LogP contribution in [-0.4, -0.2) is 25.6 Å². The Balaban J connectivity index is 1.55. The van der Waals surface area contributed by atoms with Gasteiger partial charge >= 0.3 is 0 Å². The molecular formula is C31H26ClN5O3S. The maximum atomic E-state index is 13.4. The molecule has 0 saturated heterocycles. The third-order valence-corrected chi connectivity index (χ3v) is 7.69. The normalized spacial score (nSPS) is 11.7. The van der Waals surface area contributed by atoms with E-state index in [0.29, 0.717) is 39.4 Å². The predicted molar refractivity (Wildman–Crippen MR) is 161 cm³/mol. The number of carbonyl (C=O) groups excluding carboxylic acids is 1. The highest BCUT2D eigenvalue weighted by Crippen LogP contribution is 2.30. The summed E-state index contributed by atoms with van der Waals surface area (Å²) in [6, 6.07) is 30.4. The first-order chi connectivity index (χ1) is 19.9. The van der Waals surface area contributed by atoms with Crippen LogP contribution in [0.4, 0.5) is 5.69 Å². The number of rotatable bonds is 10. The van der Waals surface area contributed by atoms with Crippen molar-refractivity contribution in [1.82, 2.24) is 20.1 Å². The van der Waals surface area contributed by atoms with Gasteiger partial charge in [0.05, 0.1) is 11.0 Å². The van der Waals surface area contributed by atoms with Crippen LogP contribution in [0.15, 0.2) is 108 Å². The second-order valence-electron chi connectivity index (χ2n) is 9.45. The van der Waals surface area contributed by atoms with Crippen molar-refractivity contribution < 1.29 is 9.72 Å². The van der Waals surface area contributed by atoms with Gasteiger partial charge < -0.3 is 5.32 Å². The number of halogens is 1. The molecule has 10 heteroatoms. The molecule has 4 aromatic carbocycles. The molecule has 0 aliphatic carbocycles. The Morgan fingerprint density at radius 3 is 2.34 bits per heavy atom. The lowest BCUT2D eigenvalue weighted by atomic mass is 10.0. The molecule has 0 bridgehead atoms. The molecule has 0 aliphatic heterocycles. The van der Waals surface area contributed by atoms with Gasteiger partial charge in [0.25, 0.3) is 11.6 Å². The van der Waals surface area contributed by atoms with Crippen LogP contribution in [0.5, 0.6) is 0 Å². The molecular weight excluding hydrogens is 558 g/mol. The number of thioether (sulfide) groups is 1. The van der Waals surface area contributed by atoms with Gasteiger partial charge in [-0.25, -0.2) is 0 Å². The first-order valence-electron chi connectivity index (χ1n) is 12.9. The molecule has 41 heavy (non-hydrogen) atoms. The molecule has 1 aromatic heterocycles. The maximum Gasteiger partial charge on any atom is 0.269 e. The van der Waals surface area contributed by atoms with E-state index in [-0.39, 0.29) is 11.6 Å². The zero-order valence-electron chi connectivity index (χ0n) is 22.1. The molecule has 0 spiro atoms. The van der Waals surface area contributed by atoms with E-state index in [9.17, 15) is 14.9 Å². The Hall–Kier alpha value is -4.47. The Morgan fingerprint density at radius 2 is 1.66 bits per heavy atom. The molecule has 1 N–H and O–H groups in total. The van der Waals surface area contributed by atoms with Crippen LogP contribution < -0.4 is 5.32 Å². The fourth-order valence-corrected chi connectivity index (χ4v) is 5.44. The van der Waals surface area contributed by atoms with E-state index in [2.05, 4.69) is 27.6 Å². The van der Waals surface area contributed by atoms with Crippen LogP contribution in [-0.2, 0) is 12.2 Å². The van der Waals surface area contributed by atoms with Gasteiger partial charge in [-0.2, -0.15) is 0 Å². The average molecular weight is 584 g/mol. The smallest absolute Gasteiger partial charge is 0.269 e. The summed E-state index contributed by atoms with van der Waals surface area (Å²) in [5, 5.41) is 24.7. The predicted octanol–water partition coefficient (Wildman–Crippen LogP) is 7.14. The average Bonchev–Trinajstić information content (AvgIpc) is 3.40. The molecule has 0 saturated carbocycles. The Labute approximate surface area is 246 Å². The number of benzene rings is 4. The standard InChI is InChI=1S/C31H26ClN5O3S/c1-21-6-5-9-23(18-21)20-41-31-35-34-29(36(31)26-14-16-27(17-15-26)37(39)40)28(19-22-7-3-2-4-8-22)33-30(38)24-10-12-25(32)13-11-24/h2-18,28H,19-20H2,1H3,(H,33,38)/t28-/m1/s1. The number of aryl methyl sites for hydroxylation is 1. The van der Waals surface area contributed by atoms with Gasteiger partial charge in [-0.1, -0.05) is 83.5 Å². The highest BCUT2D eigenvalue weighted by atomic mass is 35.5. The number of nitrogens with zero attached hydrogens (tertiary/aromatic N) is 4. The van der Waals surface area contributed by atoms with Crippen LogP contribution in [0.1, 0.15) is 38.9 Å². The molecule has 0 aliphatic rings. The lowest BCUT2D eigenvalue weighted by molar-refractivity contribution is -0.384. The van der Waals surface area contributed by atoms with E-state index in [4.69, 9.17) is 11.6 Å². The summed E-state index contributed by atoms with van der Waals surface area (Å²) in [5.41, 5.74) is 4.39. The van der Waals surface area contributed by atoms with Crippen molar-refractivity contribution in [3.63, 3.8) is 0 Å². The Bertz CT molecular complexity index is 1660. The van der Waals surface area contributed by atoms with Gasteiger partial charge in [0.15, 0.2) is 11.0 Å². The molecule has 0 radical (unpaired) electrons. The summed E-state index contributed by atoms with van der Waals surface area (Å²) in [4.78, 5) is 24.2. The largest absolute Gasteiger partial charge is 0.342 e. The van der Waals surface area contributed by atoms with Crippen LogP contribution in [0.25, 0.3) is 5.69 Å². The SMILES string of the molecule is Cc1cccc(CSc2nnc([C@@H](Cc3ccccc3)NC(=O)c3ccc(Cl)cc3)n2-c2ccc([N+](=O)[O-])cc2)c1. The zero-order valence-corrected chi connectivity index (χ0v) is 23.7. The first-order valence-corrected chi connectivity index (χ1v) is 14.2. The Kier molecular flexibility index (Phi) is 8.76. The van der Waals surface area contributed by atoms with Crippen molar-refractivity contribution in [3.05, 3.63) is 146 Å². The minimum absolute atomic E-state index is 0.0192. The van der Waals surface area contributed by atoms with Crippen LogP contribution in [0.2, 0.25) is 5.02 Å². The second kappa shape index (κ2) is 12.8. The number of carbonyl (C=O) groups is 1. The monoisotopic (exact) mass is 583 g/mol. The molecule has 5 aromatic rings. The summed E-state index contributed by atoms with van der Waals surface area (Å²) in [6.07, 6.45) is 0.452. The second-order valence-corrected chi connectivity index (χ2v) is 10.8. The molecule has 8 nitrogen and oxygen atoms in total. The molecule has 5 rings (SSSR count). The number of nitro benzene ring substituents is 1. The number of nitrogens with one attached hydrogen (secondary N) is 1. The third kappa shape index (κ3) is 7.00. The number of amides is 1. The van der Waals surface area contributed by atoms with Gasteiger partial charge in [0.2, 0.25) is 0 Å². The molecule has 1 atom stereocenters. The number of aromatic nitrogens is 3. The van der Waals surface area contributed by atoms with Gasteiger partial charge in [-0.05, 0) is 60.9 Å². The van der Waals surface area contributed by atoms with E-state index in [1.165, 1.54) is 23.9 Å². The maximum absolute atomic E-state index is 13.4. The van der Waals surface area contributed by atoms with Crippen molar-refractivity contribution in [2.24, 2.45) is 0 Å². The van der Waals surface area contributed by atoms with Gasteiger partial charge in [-0.15, -0.1) is 10.2 Å². The quantitative estimate of drug-likeness (QED) is 0.106. The fraction of sp³-hybridized carbons (Fsp3) is 0.129. The highest BCUT2D eigenvalue weighted by molar-refractivity contribution is 7.98. The van der Waals surface area contributed by atoms with Crippen molar-refractivity contribution >= 4 is 35.0 Å². The summed E-state index contributed by atoms with van der Waals surface area (Å²) >= 11 is 7.54. The fourth-order valence-electron chi connectivity index (χ4n) is 4.42. The van der Waals surface area contributed by atoms with E-state index in [0.717, 1.165) is 16.7 Å². The Morgan fingerprint density at radius 1 is 0.951 bits per heavy atom. The lowest BCUT2D eigenvalue weighted by Gasteiger charge is -2.20. The number of non-ortho nitro benzene ring substituents is 1. The van der Waals surface area contributed by atoms with Gasteiger partial charge in [0, 0.05) is 34.2 Å². The third-order valence-electron chi connectivity index (χ3n) is 6.43. The van der Waals surface area contributed by atoms with E-state index >= 15 is 0 Å². The van der Waals surface area contributed by atoms with Gasteiger partial charge in [0.1, 0.15) is 0 Å². The molecule has 1 amide bonds. The minimum Gasteiger partial charge on any atom is -0.342 e. The number of hydrogen-bond donors (Lipinski definition) is 1. The lowest BCUT2D eigenvalue weighted by Crippen LogP contribution is -2.32.